The van der Waals surface area contributed by atoms with Gasteiger partial charge in [0.05, 0.1) is 6.20 Å². The summed E-state index contributed by atoms with van der Waals surface area (Å²) in [7, 11) is 1.97. The topological polar surface area (TPSA) is 58.9 Å². The summed E-state index contributed by atoms with van der Waals surface area (Å²) in [5.41, 5.74) is 2.43. The van der Waals surface area contributed by atoms with Crippen LogP contribution >= 0.6 is 0 Å². The third kappa shape index (κ3) is 4.11. The first-order valence-corrected chi connectivity index (χ1v) is 7.97. The molecule has 1 saturated heterocycles. The molecule has 0 radical (unpaired) electrons. The van der Waals surface area contributed by atoms with E-state index in [1.54, 1.807) is 6.33 Å². The van der Waals surface area contributed by atoms with Crippen LogP contribution in [0.2, 0.25) is 0 Å². The number of aromatic nitrogens is 4. The molecule has 2 aromatic rings. The molecule has 3 rings (SSSR count). The Hall–Kier alpha value is -1.79. The maximum atomic E-state index is 4.29. The first kappa shape index (κ1) is 15.1. The van der Waals surface area contributed by atoms with E-state index in [9.17, 15) is 0 Å². The minimum atomic E-state index is 0.593. The van der Waals surface area contributed by atoms with Gasteiger partial charge in [-0.15, -0.1) is 0 Å². The summed E-state index contributed by atoms with van der Waals surface area (Å²) in [4.78, 5) is 10.8. The molecule has 6 heteroatoms. The lowest BCUT2D eigenvalue weighted by Gasteiger charge is -2.30. The lowest BCUT2D eigenvalue weighted by Crippen LogP contribution is -2.35. The van der Waals surface area contributed by atoms with Crippen LogP contribution in [0.3, 0.4) is 0 Å². The van der Waals surface area contributed by atoms with Crippen LogP contribution in [0.4, 0.5) is 0 Å². The molecule has 2 aromatic heterocycles. The number of rotatable bonds is 5. The van der Waals surface area contributed by atoms with Crippen molar-refractivity contribution in [1.82, 2.24) is 30.0 Å². The van der Waals surface area contributed by atoms with Gasteiger partial charge >= 0.3 is 0 Å². The first-order chi connectivity index (χ1) is 10.8. The molecule has 0 aromatic carbocycles. The summed E-state index contributed by atoms with van der Waals surface area (Å²) >= 11 is 0. The van der Waals surface area contributed by atoms with Crippen molar-refractivity contribution in [1.29, 1.82) is 0 Å². The minimum Gasteiger partial charge on any atom is -0.317 e. The van der Waals surface area contributed by atoms with E-state index in [2.05, 4.69) is 31.5 Å². The molecular formula is C16H24N6. The molecule has 0 amide bonds. The average molecular weight is 300 g/mol. The molecule has 0 aliphatic carbocycles. The van der Waals surface area contributed by atoms with Crippen molar-refractivity contribution in [3.63, 3.8) is 0 Å². The number of hydrogen-bond donors (Lipinski definition) is 1. The Morgan fingerprint density at radius 1 is 1.14 bits per heavy atom. The fourth-order valence-electron chi connectivity index (χ4n) is 3.11. The van der Waals surface area contributed by atoms with Crippen LogP contribution in [0, 0.1) is 0 Å². The first-order valence-electron chi connectivity index (χ1n) is 7.97. The number of aryl methyl sites for hydroxylation is 1. The second kappa shape index (κ2) is 7.47. The van der Waals surface area contributed by atoms with Gasteiger partial charge in [0.15, 0.2) is 0 Å². The minimum absolute atomic E-state index is 0.593. The highest BCUT2D eigenvalue weighted by Gasteiger charge is 2.21. The Morgan fingerprint density at radius 3 is 2.73 bits per heavy atom. The third-order valence-corrected chi connectivity index (χ3v) is 4.21. The van der Waals surface area contributed by atoms with E-state index in [0.717, 1.165) is 26.2 Å². The smallest absolute Gasteiger partial charge is 0.115 e. The Labute approximate surface area is 131 Å². The van der Waals surface area contributed by atoms with Gasteiger partial charge in [0.1, 0.15) is 6.33 Å². The predicted octanol–water partition coefficient (Wildman–Crippen LogP) is 1.35. The van der Waals surface area contributed by atoms with E-state index < -0.39 is 0 Å². The van der Waals surface area contributed by atoms with Crippen LogP contribution in [-0.4, -0.2) is 43.8 Å². The van der Waals surface area contributed by atoms with Crippen molar-refractivity contribution in [3.8, 4) is 0 Å². The molecule has 1 N–H and O–H groups in total. The van der Waals surface area contributed by atoms with Gasteiger partial charge in [-0.2, -0.15) is 5.10 Å². The van der Waals surface area contributed by atoms with Gasteiger partial charge in [0.25, 0.3) is 0 Å². The number of hydrogen-bond acceptors (Lipinski definition) is 5. The molecule has 1 atom stereocenters. The summed E-state index contributed by atoms with van der Waals surface area (Å²) in [6, 6.07) is 0.593. The highest BCUT2D eigenvalue weighted by atomic mass is 15.2. The van der Waals surface area contributed by atoms with Crippen molar-refractivity contribution >= 4 is 0 Å². The summed E-state index contributed by atoms with van der Waals surface area (Å²) in [5, 5.41) is 7.79. The van der Waals surface area contributed by atoms with Gasteiger partial charge in [-0.25, -0.2) is 9.97 Å². The molecule has 3 heterocycles. The van der Waals surface area contributed by atoms with Crippen molar-refractivity contribution in [3.05, 3.63) is 42.2 Å². The zero-order valence-electron chi connectivity index (χ0n) is 13.1. The summed E-state index contributed by atoms with van der Waals surface area (Å²) in [5.74, 6) is 0. The average Bonchev–Trinajstić information content (AvgIpc) is 2.78. The van der Waals surface area contributed by atoms with E-state index in [1.807, 2.05) is 30.3 Å². The van der Waals surface area contributed by atoms with E-state index in [4.69, 9.17) is 0 Å². The van der Waals surface area contributed by atoms with Crippen molar-refractivity contribution in [2.75, 3.05) is 13.1 Å². The Kier molecular flexibility index (Phi) is 5.13. The summed E-state index contributed by atoms with van der Waals surface area (Å²) in [6.07, 6.45) is 13.1. The van der Waals surface area contributed by atoms with E-state index in [1.165, 1.54) is 30.4 Å². The van der Waals surface area contributed by atoms with Crippen molar-refractivity contribution in [2.24, 2.45) is 7.05 Å². The van der Waals surface area contributed by atoms with Crippen LogP contribution in [0.5, 0.6) is 0 Å². The largest absolute Gasteiger partial charge is 0.317 e. The lowest BCUT2D eigenvalue weighted by molar-refractivity contribution is 0.164. The molecule has 0 saturated carbocycles. The summed E-state index contributed by atoms with van der Waals surface area (Å²) in [6.45, 7) is 4.04. The van der Waals surface area contributed by atoms with Gasteiger partial charge in [-0.3, -0.25) is 9.58 Å². The molecule has 118 valence electrons. The molecular weight excluding hydrogens is 276 g/mol. The molecule has 1 fully saturated rings. The molecule has 6 nitrogen and oxygen atoms in total. The van der Waals surface area contributed by atoms with Gasteiger partial charge in [-0.1, -0.05) is 0 Å². The predicted molar refractivity (Wildman–Crippen MR) is 85.0 cm³/mol. The van der Waals surface area contributed by atoms with E-state index in [-0.39, 0.29) is 0 Å². The second-order valence-corrected chi connectivity index (χ2v) is 6.01. The van der Waals surface area contributed by atoms with Crippen LogP contribution in [0.1, 0.15) is 30.4 Å². The highest BCUT2D eigenvalue weighted by Crippen LogP contribution is 2.19. The zero-order valence-corrected chi connectivity index (χ0v) is 13.1. The van der Waals surface area contributed by atoms with Crippen molar-refractivity contribution in [2.45, 2.75) is 38.4 Å². The maximum absolute atomic E-state index is 4.29. The van der Waals surface area contributed by atoms with E-state index >= 15 is 0 Å². The van der Waals surface area contributed by atoms with Crippen LogP contribution in [-0.2, 0) is 20.1 Å². The van der Waals surface area contributed by atoms with Gasteiger partial charge < -0.3 is 5.32 Å². The normalized spacial score (nSPS) is 19.3. The third-order valence-electron chi connectivity index (χ3n) is 4.21. The molecule has 1 unspecified atom stereocenters. The van der Waals surface area contributed by atoms with E-state index in [0.29, 0.717) is 6.04 Å². The quantitative estimate of drug-likeness (QED) is 0.903. The monoisotopic (exact) mass is 300 g/mol. The second-order valence-electron chi connectivity index (χ2n) is 6.01. The van der Waals surface area contributed by atoms with Gasteiger partial charge in [0, 0.05) is 55.9 Å². The Bertz CT molecular complexity index is 559. The molecule has 1 aliphatic heterocycles. The highest BCUT2D eigenvalue weighted by molar-refractivity contribution is 5.07. The van der Waals surface area contributed by atoms with Gasteiger partial charge in [0.2, 0.25) is 0 Å². The lowest BCUT2D eigenvalue weighted by atomic mass is 10.1. The van der Waals surface area contributed by atoms with Crippen LogP contribution in [0.15, 0.2) is 31.1 Å². The summed E-state index contributed by atoms with van der Waals surface area (Å²) < 4.78 is 1.87. The standard InChI is InChI=1S/C16H24N6/c1-21-10-15(9-20-21)12-22(11-14-7-18-13-19-8-14)16-3-2-5-17-6-4-16/h7-10,13,16-17H,2-6,11-12H2,1H3. The fourth-order valence-corrected chi connectivity index (χ4v) is 3.11. The van der Waals surface area contributed by atoms with Crippen LogP contribution < -0.4 is 5.32 Å². The molecule has 0 bridgehead atoms. The maximum Gasteiger partial charge on any atom is 0.115 e. The molecule has 22 heavy (non-hydrogen) atoms. The molecule has 0 spiro atoms. The fraction of sp³-hybridized carbons (Fsp3) is 0.562. The van der Waals surface area contributed by atoms with Crippen molar-refractivity contribution < 1.29 is 0 Å². The molecule has 1 aliphatic rings. The van der Waals surface area contributed by atoms with Gasteiger partial charge in [-0.05, 0) is 32.4 Å². The van der Waals surface area contributed by atoms with Crippen LogP contribution in [0.25, 0.3) is 0 Å². The number of nitrogens with one attached hydrogen (secondary N) is 1. The Balaban J connectivity index is 1.74. The Morgan fingerprint density at radius 2 is 1.95 bits per heavy atom. The SMILES string of the molecule is Cn1cc(CN(Cc2cncnc2)C2CCCNCC2)cn1. The number of nitrogens with zero attached hydrogens (tertiary/aromatic N) is 5. The zero-order chi connectivity index (χ0) is 15.2.